The normalized spacial score (nSPS) is 19.1. The van der Waals surface area contributed by atoms with Crippen molar-refractivity contribution in [2.24, 2.45) is 0 Å². The maximum absolute atomic E-state index is 13.8. The van der Waals surface area contributed by atoms with Crippen LogP contribution < -0.4 is 10.6 Å². The summed E-state index contributed by atoms with van der Waals surface area (Å²) in [4.78, 5) is 23.4. The summed E-state index contributed by atoms with van der Waals surface area (Å²) in [5.74, 6) is -2.17. The van der Waals surface area contributed by atoms with Crippen LogP contribution in [0, 0.1) is 11.6 Å². The monoisotopic (exact) mass is 346 g/mol. The number of nitrogens with one attached hydrogen (secondary N) is 2. The van der Waals surface area contributed by atoms with E-state index in [4.69, 9.17) is 0 Å². The van der Waals surface area contributed by atoms with E-state index in [1.165, 1.54) is 0 Å². The first-order valence-corrected chi connectivity index (χ1v) is 7.01. The van der Waals surface area contributed by atoms with Crippen LogP contribution in [-0.2, 0) is 9.59 Å². The van der Waals surface area contributed by atoms with Crippen LogP contribution in [0.4, 0.5) is 14.5 Å². The lowest BCUT2D eigenvalue weighted by molar-refractivity contribution is -0.126. The van der Waals surface area contributed by atoms with Crippen molar-refractivity contribution in [2.45, 2.75) is 31.7 Å². The zero-order valence-corrected chi connectivity index (χ0v) is 12.1. The van der Waals surface area contributed by atoms with Gasteiger partial charge in [-0.05, 0) is 34.8 Å². The minimum atomic E-state index is -0.750. The van der Waals surface area contributed by atoms with Crippen LogP contribution in [0.5, 0.6) is 0 Å². The third-order valence-corrected chi connectivity index (χ3v) is 3.63. The molecule has 20 heavy (non-hydrogen) atoms. The largest absolute Gasteiger partial charge is 0.344 e. The molecule has 1 fully saturated rings. The van der Waals surface area contributed by atoms with Crippen molar-refractivity contribution >= 4 is 33.4 Å². The van der Waals surface area contributed by atoms with Crippen molar-refractivity contribution in [3.05, 3.63) is 28.2 Å². The number of hydrogen-bond donors (Lipinski definition) is 2. The van der Waals surface area contributed by atoms with E-state index in [9.17, 15) is 18.4 Å². The van der Waals surface area contributed by atoms with E-state index in [1.54, 1.807) is 0 Å². The average molecular weight is 347 g/mol. The third kappa shape index (κ3) is 3.53. The van der Waals surface area contributed by atoms with E-state index in [2.05, 4.69) is 26.6 Å². The summed E-state index contributed by atoms with van der Waals surface area (Å²) >= 11 is 2.87. The van der Waals surface area contributed by atoms with Gasteiger partial charge in [-0.1, -0.05) is 6.42 Å². The lowest BCUT2D eigenvalue weighted by Crippen LogP contribution is -2.42. The van der Waals surface area contributed by atoms with Gasteiger partial charge < -0.3 is 10.6 Å². The number of benzene rings is 1. The van der Waals surface area contributed by atoms with Crippen molar-refractivity contribution in [3.8, 4) is 0 Å². The predicted molar refractivity (Wildman–Crippen MR) is 73.1 cm³/mol. The molecule has 0 aliphatic carbocycles. The van der Waals surface area contributed by atoms with Gasteiger partial charge in [0.25, 0.3) is 0 Å². The molecule has 0 bridgehead atoms. The lowest BCUT2D eigenvalue weighted by atomic mass is 10.1. The van der Waals surface area contributed by atoms with Gasteiger partial charge in [-0.25, -0.2) is 8.78 Å². The molecular formula is C13H13BrF2N2O2. The molecule has 0 saturated carbocycles. The summed E-state index contributed by atoms with van der Waals surface area (Å²) in [7, 11) is 0. The molecule has 0 unspecified atom stereocenters. The molecule has 1 aliphatic heterocycles. The molecule has 0 aromatic heterocycles. The quantitative estimate of drug-likeness (QED) is 0.809. The molecule has 1 heterocycles. The smallest absolute Gasteiger partial charge is 0.247 e. The number of carbonyl (C=O) groups is 2. The summed E-state index contributed by atoms with van der Waals surface area (Å²) in [6, 6.07) is 1.15. The van der Waals surface area contributed by atoms with Gasteiger partial charge in [0.15, 0.2) is 5.82 Å². The Morgan fingerprint density at radius 3 is 2.85 bits per heavy atom. The Kier molecular flexibility index (Phi) is 4.69. The van der Waals surface area contributed by atoms with E-state index in [-0.39, 0.29) is 16.1 Å². The summed E-state index contributed by atoms with van der Waals surface area (Å²) in [5, 5.41) is 4.88. The highest BCUT2D eigenvalue weighted by Crippen LogP contribution is 2.25. The summed E-state index contributed by atoms with van der Waals surface area (Å²) in [6.45, 7) is 0. The first-order valence-electron chi connectivity index (χ1n) is 6.22. The number of carbonyl (C=O) groups excluding carboxylic acids is 2. The van der Waals surface area contributed by atoms with E-state index >= 15 is 0 Å². The van der Waals surface area contributed by atoms with E-state index in [0.717, 1.165) is 25.0 Å². The van der Waals surface area contributed by atoms with Crippen LogP contribution in [0.2, 0.25) is 0 Å². The highest BCUT2D eigenvalue weighted by atomic mass is 79.9. The second-order valence-corrected chi connectivity index (χ2v) is 5.46. The van der Waals surface area contributed by atoms with Crippen molar-refractivity contribution < 1.29 is 18.4 Å². The minimum Gasteiger partial charge on any atom is -0.344 e. The van der Waals surface area contributed by atoms with Crippen molar-refractivity contribution in [2.75, 3.05) is 5.32 Å². The Morgan fingerprint density at radius 2 is 2.10 bits per heavy atom. The van der Waals surface area contributed by atoms with Gasteiger partial charge in [0.2, 0.25) is 11.8 Å². The van der Waals surface area contributed by atoms with Crippen LogP contribution in [-0.4, -0.2) is 17.9 Å². The fourth-order valence-corrected chi connectivity index (χ4v) is 2.47. The highest BCUT2D eigenvalue weighted by Gasteiger charge is 2.24. The fourth-order valence-electron chi connectivity index (χ4n) is 2.04. The van der Waals surface area contributed by atoms with Gasteiger partial charge >= 0.3 is 0 Å². The average Bonchev–Trinajstić information content (AvgIpc) is 2.60. The van der Waals surface area contributed by atoms with E-state index < -0.39 is 23.6 Å². The van der Waals surface area contributed by atoms with Crippen molar-refractivity contribution in [1.82, 2.24) is 5.32 Å². The molecule has 2 N–H and O–H groups in total. The molecule has 2 amide bonds. The van der Waals surface area contributed by atoms with Gasteiger partial charge in [0.05, 0.1) is 10.2 Å². The third-order valence-electron chi connectivity index (χ3n) is 3.05. The molecular weight excluding hydrogens is 334 g/mol. The van der Waals surface area contributed by atoms with Crippen LogP contribution >= 0.6 is 15.9 Å². The Balaban J connectivity index is 2.13. The van der Waals surface area contributed by atoms with Gasteiger partial charge in [-0.15, -0.1) is 0 Å². The van der Waals surface area contributed by atoms with Crippen molar-refractivity contribution in [3.63, 3.8) is 0 Å². The molecule has 0 radical (unpaired) electrons. The Morgan fingerprint density at radius 1 is 1.35 bits per heavy atom. The molecule has 1 atom stereocenters. The highest BCUT2D eigenvalue weighted by molar-refractivity contribution is 9.10. The zero-order chi connectivity index (χ0) is 14.7. The van der Waals surface area contributed by atoms with E-state index in [1.807, 2.05) is 0 Å². The van der Waals surface area contributed by atoms with Crippen molar-refractivity contribution in [1.29, 1.82) is 0 Å². The number of halogens is 3. The van der Waals surface area contributed by atoms with Crippen LogP contribution in [0.25, 0.3) is 0 Å². The molecule has 108 valence electrons. The Bertz CT molecular complexity index is 551. The maximum atomic E-state index is 13.8. The summed E-state index contributed by atoms with van der Waals surface area (Å²) in [5.41, 5.74) is -0.250. The number of rotatable bonds is 2. The maximum Gasteiger partial charge on any atom is 0.247 e. The Labute approximate surface area is 123 Å². The lowest BCUT2D eigenvalue weighted by Gasteiger charge is -2.16. The molecule has 0 spiro atoms. The molecule has 1 aliphatic rings. The molecule has 2 rings (SSSR count). The number of hydrogen-bond acceptors (Lipinski definition) is 2. The number of amides is 2. The molecule has 1 aromatic rings. The van der Waals surface area contributed by atoms with Crippen LogP contribution in [0.3, 0.4) is 0 Å². The second-order valence-electron chi connectivity index (χ2n) is 4.60. The SMILES string of the molecule is O=C1CCCC[C@@H](C(=O)Nc2cc(F)cc(Br)c2F)N1. The first kappa shape index (κ1) is 14.9. The Hall–Kier alpha value is -1.50. The molecule has 1 aromatic carbocycles. The fraction of sp³-hybridized carbons (Fsp3) is 0.385. The number of anilines is 1. The predicted octanol–water partition coefficient (Wildman–Crippen LogP) is 2.72. The van der Waals surface area contributed by atoms with Gasteiger partial charge in [-0.2, -0.15) is 0 Å². The molecule has 1 saturated heterocycles. The van der Waals surface area contributed by atoms with Gasteiger partial charge in [-0.3, -0.25) is 9.59 Å². The van der Waals surface area contributed by atoms with Crippen LogP contribution in [0.15, 0.2) is 16.6 Å². The van der Waals surface area contributed by atoms with Gasteiger partial charge in [0.1, 0.15) is 11.9 Å². The zero-order valence-electron chi connectivity index (χ0n) is 10.5. The molecule has 7 heteroatoms. The second kappa shape index (κ2) is 6.30. The first-order chi connectivity index (χ1) is 9.47. The van der Waals surface area contributed by atoms with Gasteiger partial charge in [0, 0.05) is 12.5 Å². The summed E-state index contributed by atoms with van der Waals surface area (Å²) in [6.07, 6.45) is 2.31. The minimum absolute atomic E-state index is 0.0716. The van der Waals surface area contributed by atoms with E-state index in [0.29, 0.717) is 12.8 Å². The standard InChI is InChI=1S/C13H13BrF2N2O2/c14-8-5-7(15)6-10(12(8)16)18-13(20)9-3-1-2-4-11(19)17-9/h5-6,9H,1-4H2,(H,17,19)(H,18,20)/t9-/m0/s1. The molecule has 4 nitrogen and oxygen atoms in total. The van der Waals surface area contributed by atoms with Crippen LogP contribution in [0.1, 0.15) is 25.7 Å². The summed E-state index contributed by atoms with van der Waals surface area (Å²) < 4.78 is 26.9. The topological polar surface area (TPSA) is 58.2 Å².